The van der Waals surface area contributed by atoms with E-state index in [0.29, 0.717) is 17.5 Å². The van der Waals surface area contributed by atoms with Gasteiger partial charge in [-0.1, -0.05) is 30.9 Å². The van der Waals surface area contributed by atoms with Crippen molar-refractivity contribution < 1.29 is 19.4 Å². The number of halogens is 1. The summed E-state index contributed by atoms with van der Waals surface area (Å²) in [6.45, 7) is 2.12. The molecule has 0 heterocycles. The third-order valence-corrected chi connectivity index (χ3v) is 4.36. The Labute approximate surface area is 141 Å². The maximum Gasteiger partial charge on any atom is 0.342 e. The number of phenols is 1. The Kier molecular flexibility index (Phi) is 6.28. The molecule has 1 atom stereocenters. The molecule has 1 aromatic rings. The molecule has 2 rings (SSSR count). The Bertz CT molecular complexity index is 570. The van der Waals surface area contributed by atoms with Gasteiger partial charge >= 0.3 is 5.97 Å². The quantitative estimate of drug-likeness (QED) is 0.807. The zero-order valence-electron chi connectivity index (χ0n) is 13.2. The predicted molar refractivity (Wildman–Crippen MR) is 87.6 cm³/mol. The molecule has 1 aromatic carbocycles. The van der Waals surface area contributed by atoms with Crippen LogP contribution < -0.4 is 5.32 Å². The van der Waals surface area contributed by atoms with E-state index in [0.717, 1.165) is 12.8 Å². The van der Waals surface area contributed by atoms with Gasteiger partial charge in [0.15, 0.2) is 6.10 Å². The highest BCUT2D eigenvalue weighted by Crippen LogP contribution is 2.24. The van der Waals surface area contributed by atoms with Crippen molar-refractivity contribution in [3.8, 4) is 5.75 Å². The number of aromatic hydroxyl groups is 1. The van der Waals surface area contributed by atoms with Crippen molar-refractivity contribution in [1.29, 1.82) is 0 Å². The number of hydrogen-bond acceptors (Lipinski definition) is 4. The predicted octanol–water partition coefficient (Wildman–Crippen LogP) is 3.29. The van der Waals surface area contributed by atoms with E-state index in [2.05, 4.69) is 5.32 Å². The van der Waals surface area contributed by atoms with E-state index >= 15 is 0 Å². The van der Waals surface area contributed by atoms with Crippen LogP contribution in [0.2, 0.25) is 5.02 Å². The number of amides is 1. The summed E-state index contributed by atoms with van der Waals surface area (Å²) in [5, 5.41) is 12.8. The number of carbonyl (C=O) groups is 2. The van der Waals surface area contributed by atoms with Crippen LogP contribution in [0.15, 0.2) is 18.2 Å². The SMILES string of the molecule is C[C@H](OC(=O)c1cc(Cl)ccc1O)C(=O)NCC1CCCCC1. The summed E-state index contributed by atoms with van der Waals surface area (Å²) in [5.74, 6) is -0.822. The molecule has 0 aliphatic heterocycles. The molecule has 1 amide bonds. The van der Waals surface area contributed by atoms with Crippen LogP contribution in [0.3, 0.4) is 0 Å². The lowest BCUT2D eigenvalue weighted by molar-refractivity contribution is -0.129. The largest absolute Gasteiger partial charge is 0.507 e. The molecule has 2 N–H and O–H groups in total. The number of benzene rings is 1. The summed E-state index contributed by atoms with van der Waals surface area (Å²) in [5.41, 5.74) is -0.0515. The van der Waals surface area contributed by atoms with Gasteiger partial charge < -0.3 is 15.2 Å². The van der Waals surface area contributed by atoms with Crippen molar-refractivity contribution in [1.82, 2.24) is 5.32 Å². The number of phenolic OH excluding ortho intramolecular Hbond substituents is 1. The van der Waals surface area contributed by atoms with Crippen LogP contribution in [0.4, 0.5) is 0 Å². The van der Waals surface area contributed by atoms with Crippen molar-refractivity contribution >= 4 is 23.5 Å². The average molecular weight is 340 g/mol. The lowest BCUT2D eigenvalue weighted by Crippen LogP contribution is -2.38. The molecular weight excluding hydrogens is 318 g/mol. The Morgan fingerprint density at radius 2 is 2.04 bits per heavy atom. The minimum Gasteiger partial charge on any atom is -0.507 e. The van der Waals surface area contributed by atoms with E-state index in [1.54, 1.807) is 0 Å². The molecule has 0 saturated heterocycles. The minimum absolute atomic E-state index is 0.0515. The molecular formula is C17H22ClNO4. The second-order valence-corrected chi connectivity index (χ2v) is 6.39. The third-order valence-electron chi connectivity index (χ3n) is 4.12. The molecule has 1 aliphatic carbocycles. The van der Waals surface area contributed by atoms with Crippen LogP contribution in [0.5, 0.6) is 5.75 Å². The molecule has 5 nitrogen and oxygen atoms in total. The Hall–Kier alpha value is -1.75. The summed E-state index contributed by atoms with van der Waals surface area (Å²) >= 11 is 5.80. The molecule has 0 bridgehead atoms. The molecule has 6 heteroatoms. The minimum atomic E-state index is -0.926. The number of nitrogens with one attached hydrogen (secondary N) is 1. The van der Waals surface area contributed by atoms with Gasteiger partial charge in [-0.05, 0) is 43.9 Å². The molecule has 1 saturated carbocycles. The van der Waals surface area contributed by atoms with Crippen molar-refractivity contribution in [2.24, 2.45) is 5.92 Å². The van der Waals surface area contributed by atoms with Gasteiger partial charge in [-0.2, -0.15) is 0 Å². The summed E-state index contributed by atoms with van der Waals surface area (Å²) in [6, 6.07) is 4.09. The van der Waals surface area contributed by atoms with Gasteiger partial charge in [0, 0.05) is 11.6 Å². The van der Waals surface area contributed by atoms with E-state index in [9.17, 15) is 14.7 Å². The number of hydrogen-bond donors (Lipinski definition) is 2. The highest BCUT2D eigenvalue weighted by Gasteiger charge is 2.22. The zero-order valence-corrected chi connectivity index (χ0v) is 13.9. The van der Waals surface area contributed by atoms with Gasteiger partial charge in [0.25, 0.3) is 5.91 Å². The van der Waals surface area contributed by atoms with Gasteiger partial charge in [0.05, 0.1) is 0 Å². The first-order valence-corrected chi connectivity index (χ1v) is 8.32. The van der Waals surface area contributed by atoms with Crippen LogP contribution in [-0.4, -0.2) is 29.6 Å². The van der Waals surface area contributed by atoms with E-state index in [1.165, 1.54) is 44.4 Å². The highest BCUT2D eigenvalue weighted by atomic mass is 35.5. The topological polar surface area (TPSA) is 75.6 Å². The Balaban J connectivity index is 1.84. The average Bonchev–Trinajstić information content (AvgIpc) is 2.55. The first-order chi connectivity index (χ1) is 11.0. The van der Waals surface area contributed by atoms with Gasteiger partial charge in [-0.15, -0.1) is 0 Å². The van der Waals surface area contributed by atoms with Crippen LogP contribution >= 0.6 is 11.6 Å². The molecule has 126 valence electrons. The molecule has 0 aromatic heterocycles. The van der Waals surface area contributed by atoms with E-state index in [-0.39, 0.29) is 17.2 Å². The van der Waals surface area contributed by atoms with Crippen molar-refractivity contribution in [3.63, 3.8) is 0 Å². The maximum atomic E-state index is 12.0. The fourth-order valence-electron chi connectivity index (χ4n) is 2.73. The summed E-state index contributed by atoms with van der Waals surface area (Å²) in [4.78, 5) is 24.0. The van der Waals surface area contributed by atoms with Gasteiger partial charge in [0.1, 0.15) is 11.3 Å². The molecule has 0 spiro atoms. The smallest absolute Gasteiger partial charge is 0.342 e. The number of carbonyl (C=O) groups excluding carboxylic acids is 2. The molecule has 1 aliphatic rings. The lowest BCUT2D eigenvalue weighted by Gasteiger charge is -2.22. The Morgan fingerprint density at radius 3 is 2.74 bits per heavy atom. The molecule has 0 unspecified atom stereocenters. The van der Waals surface area contributed by atoms with Crippen LogP contribution in [0, 0.1) is 5.92 Å². The maximum absolute atomic E-state index is 12.0. The van der Waals surface area contributed by atoms with Gasteiger partial charge in [-0.3, -0.25) is 4.79 Å². The first-order valence-electron chi connectivity index (χ1n) is 7.94. The van der Waals surface area contributed by atoms with Gasteiger partial charge in [0.2, 0.25) is 0 Å². The summed E-state index contributed by atoms with van der Waals surface area (Å²) < 4.78 is 5.10. The van der Waals surface area contributed by atoms with Crippen LogP contribution in [0.1, 0.15) is 49.4 Å². The highest BCUT2D eigenvalue weighted by molar-refractivity contribution is 6.31. The second-order valence-electron chi connectivity index (χ2n) is 5.96. The lowest BCUT2D eigenvalue weighted by atomic mass is 9.89. The monoisotopic (exact) mass is 339 g/mol. The third kappa shape index (κ3) is 5.13. The van der Waals surface area contributed by atoms with Crippen LogP contribution in [0.25, 0.3) is 0 Å². The van der Waals surface area contributed by atoms with E-state index < -0.39 is 12.1 Å². The normalized spacial score (nSPS) is 16.6. The Morgan fingerprint density at radius 1 is 1.35 bits per heavy atom. The fraction of sp³-hybridized carbons (Fsp3) is 0.529. The van der Waals surface area contributed by atoms with Crippen molar-refractivity contribution in [3.05, 3.63) is 28.8 Å². The molecule has 23 heavy (non-hydrogen) atoms. The first kappa shape index (κ1) is 17.6. The van der Waals surface area contributed by atoms with Crippen molar-refractivity contribution in [2.75, 3.05) is 6.54 Å². The number of rotatable bonds is 5. The van der Waals surface area contributed by atoms with E-state index in [1.807, 2.05) is 0 Å². The summed E-state index contributed by atoms with van der Waals surface area (Å²) in [7, 11) is 0. The van der Waals surface area contributed by atoms with Crippen molar-refractivity contribution in [2.45, 2.75) is 45.1 Å². The molecule has 1 fully saturated rings. The second kappa shape index (κ2) is 8.20. The van der Waals surface area contributed by atoms with Gasteiger partial charge in [-0.25, -0.2) is 4.79 Å². The summed E-state index contributed by atoms with van der Waals surface area (Å²) in [6.07, 6.45) is 5.01. The van der Waals surface area contributed by atoms with Crippen LogP contribution in [-0.2, 0) is 9.53 Å². The zero-order chi connectivity index (χ0) is 16.8. The molecule has 0 radical (unpaired) electrons. The number of ether oxygens (including phenoxy) is 1. The van der Waals surface area contributed by atoms with E-state index in [4.69, 9.17) is 16.3 Å². The standard InChI is InChI=1S/C17H22ClNO4/c1-11(16(21)19-10-12-5-3-2-4-6-12)23-17(22)14-9-13(18)7-8-15(14)20/h7-9,11-12,20H,2-6,10H2,1H3,(H,19,21)/t11-/m0/s1. The fourth-order valence-corrected chi connectivity index (χ4v) is 2.90. The number of esters is 1.